The molecule has 0 bridgehead atoms. The standard InChI is InChI=1S/C18H15F2N3O/c1-23-10-9-21-17(23)16(12-5-4-6-13(19)11-12)22-18(24)14-7-2-3-8-15(14)20/h2-11,16H,1H3,(H,22,24). The Hall–Kier alpha value is -3.02. The molecule has 1 aromatic heterocycles. The van der Waals surface area contributed by atoms with Crippen LogP contribution in [0.1, 0.15) is 27.8 Å². The Bertz CT molecular complexity index is 876. The minimum Gasteiger partial charge on any atom is -0.338 e. The van der Waals surface area contributed by atoms with Gasteiger partial charge in [-0.25, -0.2) is 13.8 Å². The van der Waals surface area contributed by atoms with Crippen LogP contribution in [-0.4, -0.2) is 15.5 Å². The van der Waals surface area contributed by atoms with Gasteiger partial charge in [0.2, 0.25) is 0 Å². The fraction of sp³-hybridized carbons (Fsp3) is 0.111. The van der Waals surface area contributed by atoms with Crippen molar-refractivity contribution in [2.45, 2.75) is 6.04 Å². The number of imidazole rings is 1. The first-order chi connectivity index (χ1) is 11.6. The van der Waals surface area contributed by atoms with Crippen molar-refractivity contribution in [3.63, 3.8) is 0 Å². The van der Waals surface area contributed by atoms with E-state index in [9.17, 15) is 13.6 Å². The van der Waals surface area contributed by atoms with Crippen molar-refractivity contribution < 1.29 is 13.6 Å². The van der Waals surface area contributed by atoms with Crippen LogP contribution in [0.3, 0.4) is 0 Å². The van der Waals surface area contributed by atoms with E-state index in [1.807, 2.05) is 0 Å². The number of aromatic nitrogens is 2. The second-order valence-corrected chi connectivity index (χ2v) is 5.34. The average Bonchev–Trinajstić information content (AvgIpc) is 2.98. The molecule has 0 radical (unpaired) electrons. The van der Waals surface area contributed by atoms with E-state index in [1.165, 1.54) is 30.3 Å². The van der Waals surface area contributed by atoms with Crippen molar-refractivity contribution in [1.82, 2.24) is 14.9 Å². The van der Waals surface area contributed by atoms with Crippen molar-refractivity contribution >= 4 is 5.91 Å². The van der Waals surface area contributed by atoms with Crippen LogP contribution < -0.4 is 5.32 Å². The predicted octanol–water partition coefficient (Wildman–Crippen LogP) is 3.22. The van der Waals surface area contributed by atoms with Crippen LogP contribution in [0.2, 0.25) is 0 Å². The van der Waals surface area contributed by atoms with Crippen LogP contribution in [0, 0.1) is 11.6 Å². The van der Waals surface area contributed by atoms with Gasteiger partial charge in [-0.1, -0.05) is 24.3 Å². The highest BCUT2D eigenvalue weighted by molar-refractivity contribution is 5.94. The zero-order valence-corrected chi connectivity index (χ0v) is 12.9. The van der Waals surface area contributed by atoms with Crippen molar-refractivity contribution in [1.29, 1.82) is 0 Å². The van der Waals surface area contributed by atoms with Gasteiger partial charge in [-0.05, 0) is 29.8 Å². The lowest BCUT2D eigenvalue weighted by atomic mass is 10.0. The maximum Gasteiger partial charge on any atom is 0.255 e. The number of benzene rings is 2. The molecule has 3 aromatic rings. The number of hydrogen-bond acceptors (Lipinski definition) is 2. The summed E-state index contributed by atoms with van der Waals surface area (Å²) in [6, 6.07) is 10.9. The maximum atomic E-state index is 13.8. The van der Waals surface area contributed by atoms with E-state index in [0.29, 0.717) is 11.4 Å². The second kappa shape index (κ2) is 6.62. The first kappa shape index (κ1) is 15.9. The van der Waals surface area contributed by atoms with E-state index < -0.39 is 23.6 Å². The summed E-state index contributed by atoms with van der Waals surface area (Å²) in [4.78, 5) is 16.7. The Morgan fingerprint density at radius 1 is 1.17 bits per heavy atom. The lowest BCUT2D eigenvalue weighted by Crippen LogP contribution is -2.31. The summed E-state index contributed by atoms with van der Waals surface area (Å²) in [6.45, 7) is 0. The van der Waals surface area contributed by atoms with Gasteiger partial charge in [0.25, 0.3) is 5.91 Å². The number of nitrogens with zero attached hydrogens (tertiary/aromatic N) is 2. The molecule has 1 unspecified atom stereocenters. The SMILES string of the molecule is Cn1ccnc1C(NC(=O)c1ccccc1F)c1cccc(F)c1. The number of aryl methyl sites for hydroxylation is 1. The largest absolute Gasteiger partial charge is 0.338 e. The molecule has 4 nitrogen and oxygen atoms in total. The summed E-state index contributed by atoms with van der Waals surface area (Å²) in [6.07, 6.45) is 3.30. The first-order valence-corrected chi connectivity index (χ1v) is 7.34. The maximum absolute atomic E-state index is 13.8. The summed E-state index contributed by atoms with van der Waals surface area (Å²) in [5.74, 6) is -1.12. The van der Waals surface area contributed by atoms with Gasteiger partial charge in [-0.2, -0.15) is 0 Å². The Morgan fingerprint density at radius 3 is 2.62 bits per heavy atom. The number of halogens is 2. The van der Waals surface area contributed by atoms with Crippen LogP contribution >= 0.6 is 0 Å². The zero-order valence-electron chi connectivity index (χ0n) is 12.9. The molecule has 2 aromatic carbocycles. The van der Waals surface area contributed by atoms with Gasteiger partial charge in [0.05, 0.1) is 5.56 Å². The third-order valence-corrected chi connectivity index (χ3v) is 3.69. The normalized spacial score (nSPS) is 12.0. The average molecular weight is 327 g/mol. The van der Waals surface area contributed by atoms with Gasteiger partial charge < -0.3 is 9.88 Å². The minimum atomic E-state index is -0.701. The molecule has 1 amide bonds. The molecule has 0 aliphatic carbocycles. The molecule has 24 heavy (non-hydrogen) atoms. The molecule has 3 rings (SSSR count). The van der Waals surface area contributed by atoms with E-state index in [1.54, 1.807) is 42.2 Å². The molecule has 6 heteroatoms. The third kappa shape index (κ3) is 3.17. The van der Waals surface area contributed by atoms with Gasteiger partial charge >= 0.3 is 0 Å². The molecule has 1 N–H and O–H groups in total. The minimum absolute atomic E-state index is 0.0758. The smallest absolute Gasteiger partial charge is 0.255 e. The molecule has 1 atom stereocenters. The van der Waals surface area contributed by atoms with Gasteiger partial charge in [-0.15, -0.1) is 0 Å². The molecule has 0 aliphatic heterocycles. The summed E-state index contributed by atoms with van der Waals surface area (Å²) in [5.41, 5.74) is 0.446. The number of nitrogens with one attached hydrogen (secondary N) is 1. The lowest BCUT2D eigenvalue weighted by Gasteiger charge is -2.19. The van der Waals surface area contributed by atoms with Gasteiger partial charge in [0.15, 0.2) is 0 Å². The summed E-state index contributed by atoms with van der Waals surface area (Å²) in [5, 5.41) is 2.73. The van der Waals surface area contributed by atoms with Gasteiger partial charge in [0.1, 0.15) is 23.5 Å². The molecule has 1 heterocycles. The second-order valence-electron chi connectivity index (χ2n) is 5.34. The van der Waals surface area contributed by atoms with E-state index in [2.05, 4.69) is 10.3 Å². The van der Waals surface area contributed by atoms with E-state index in [-0.39, 0.29) is 5.56 Å². The molecule has 0 spiro atoms. The Balaban J connectivity index is 1.98. The zero-order chi connectivity index (χ0) is 17.1. The van der Waals surface area contributed by atoms with E-state index >= 15 is 0 Å². The highest BCUT2D eigenvalue weighted by atomic mass is 19.1. The van der Waals surface area contributed by atoms with Crippen LogP contribution in [0.5, 0.6) is 0 Å². The summed E-state index contributed by atoms with van der Waals surface area (Å²) >= 11 is 0. The van der Waals surface area contributed by atoms with Crippen LogP contribution in [0.25, 0.3) is 0 Å². The highest BCUT2D eigenvalue weighted by Gasteiger charge is 2.23. The summed E-state index contributed by atoms with van der Waals surface area (Å²) < 4.78 is 29.2. The van der Waals surface area contributed by atoms with Crippen molar-refractivity contribution in [2.24, 2.45) is 7.05 Å². The molecule has 0 saturated heterocycles. The Morgan fingerprint density at radius 2 is 1.96 bits per heavy atom. The molecular formula is C18H15F2N3O. The number of hydrogen-bond donors (Lipinski definition) is 1. The van der Waals surface area contributed by atoms with Crippen molar-refractivity contribution in [3.05, 3.63) is 89.5 Å². The van der Waals surface area contributed by atoms with Crippen molar-refractivity contribution in [2.75, 3.05) is 0 Å². The fourth-order valence-corrected chi connectivity index (χ4v) is 2.49. The van der Waals surface area contributed by atoms with E-state index in [0.717, 1.165) is 0 Å². The number of carbonyl (C=O) groups is 1. The molecule has 0 fully saturated rings. The molecular weight excluding hydrogens is 312 g/mol. The lowest BCUT2D eigenvalue weighted by molar-refractivity contribution is 0.0937. The molecule has 122 valence electrons. The van der Waals surface area contributed by atoms with Crippen LogP contribution in [0.15, 0.2) is 60.9 Å². The quantitative estimate of drug-likeness (QED) is 0.800. The highest BCUT2D eigenvalue weighted by Crippen LogP contribution is 2.22. The Labute approximate surface area is 137 Å². The van der Waals surface area contributed by atoms with Crippen molar-refractivity contribution in [3.8, 4) is 0 Å². The number of amides is 1. The third-order valence-electron chi connectivity index (χ3n) is 3.69. The van der Waals surface area contributed by atoms with E-state index in [4.69, 9.17) is 0 Å². The fourth-order valence-electron chi connectivity index (χ4n) is 2.49. The van der Waals surface area contributed by atoms with Crippen LogP contribution in [0.4, 0.5) is 8.78 Å². The number of rotatable bonds is 4. The topological polar surface area (TPSA) is 46.9 Å². The van der Waals surface area contributed by atoms with Crippen LogP contribution in [-0.2, 0) is 7.05 Å². The first-order valence-electron chi connectivity index (χ1n) is 7.34. The number of carbonyl (C=O) groups excluding carboxylic acids is 1. The van der Waals surface area contributed by atoms with Gasteiger partial charge in [-0.3, -0.25) is 4.79 Å². The molecule has 0 aliphatic rings. The van der Waals surface area contributed by atoms with Gasteiger partial charge in [0, 0.05) is 19.4 Å². The summed E-state index contributed by atoms with van der Waals surface area (Å²) in [7, 11) is 1.77. The Kier molecular flexibility index (Phi) is 4.37. The molecule has 0 saturated carbocycles. The predicted molar refractivity (Wildman–Crippen MR) is 85.3 cm³/mol. The monoisotopic (exact) mass is 327 g/mol.